The minimum Gasteiger partial charge on any atom is -0.325 e. The first-order valence-electron chi connectivity index (χ1n) is 7.77. The van der Waals surface area contributed by atoms with Gasteiger partial charge in [-0.25, -0.2) is 8.42 Å². The lowest BCUT2D eigenvalue weighted by Crippen LogP contribution is -2.37. The highest BCUT2D eigenvalue weighted by atomic mass is 32.2. The first-order chi connectivity index (χ1) is 11.3. The zero-order valence-corrected chi connectivity index (χ0v) is 14.9. The molecule has 0 heterocycles. The van der Waals surface area contributed by atoms with E-state index in [9.17, 15) is 13.2 Å². The van der Waals surface area contributed by atoms with E-state index in [0.29, 0.717) is 5.69 Å². The summed E-state index contributed by atoms with van der Waals surface area (Å²) >= 11 is 0. The van der Waals surface area contributed by atoms with Gasteiger partial charge in [0.1, 0.15) is 0 Å². The molecule has 1 amide bonds. The van der Waals surface area contributed by atoms with Gasteiger partial charge in [0.05, 0.1) is 11.4 Å². The Morgan fingerprint density at radius 1 is 1.08 bits per heavy atom. The highest BCUT2D eigenvalue weighted by molar-refractivity contribution is 7.89. The Labute approximate surface area is 143 Å². The predicted molar refractivity (Wildman–Crippen MR) is 95.4 cm³/mol. The van der Waals surface area contributed by atoms with Crippen LogP contribution in [-0.4, -0.2) is 31.7 Å². The summed E-state index contributed by atoms with van der Waals surface area (Å²) in [5, 5.41) is 2.79. The topological polar surface area (TPSA) is 66.5 Å². The van der Waals surface area contributed by atoms with E-state index in [-0.39, 0.29) is 23.9 Å². The molecule has 2 aromatic carbocycles. The third kappa shape index (κ3) is 4.21. The van der Waals surface area contributed by atoms with Crippen LogP contribution in [0, 0.1) is 13.8 Å². The summed E-state index contributed by atoms with van der Waals surface area (Å²) in [6.07, 6.45) is 0. The highest BCUT2D eigenvalue weighted by Crippen LogP contribution is 2.18. The molecule has 0 fully saturated rings. The van der Waals surface area contributed by atoms with Gasteiger partial charge >= 0.3 is 0 Å². The van der Waals surface area contributed by atoms with Gasteiger partial charge in [0, 0.05) is 12.2 Å². The van der Waals surface area contributed by atoms with Crippen molar-refractivity contribution in [3.8, 4) is 0 Å². The van der Waals surface area contributed by atoms with Crippen LogP contribution >= 0.6 is 0 Å². The Morgan fingerprint density at radius 2 is 1.75 bits per heavy atom. The summed E-state index contributed by atoms with van der Waals surface area (Å²) in [5.41, 5.74) is 2.66. The summed E-state index contributed by atoms with van der Waals surface area (Å²) in [6.45, 7) is 5.55. The average molecular weight is 346 g/mol. The second-order valence-corrected chi connectivity index (χ2v) is 7.55. The maximum Gasteiger partial charge on any atom is 0.243 e. The molecule has 0 aromatic heterocycles. The smallest absolute Gasteiger partial charge is 0.243 e. The van der Waals surface area contributed by atoms with Crippen molar-refractivity contribution in [1.82, 2.24) is 4.31 Å². The molecule has 0 atom stereocenters. The number of rotatable bonds is 6. The van der Waals surface area contributed by atoms with Crippen molar-refractivity contribution in [2.45, 2.75) is 25.7 Å². The Hall–Kier alpha value is -2.18. The number of carbonyl (C=O) groups is 1. The van der Waals surface area contributed by atoms with Crippen LogP contribution in [0.3, 0.4) is 0 Å². The molecular formula is C18H22N2O3S. The van der Waals surface area contributed by atoms with Crippen LogP contribution in [0.5, 0.6) is 0 Å². The number of aryl methyl sites for hydroxylation is 2. The number of sulfonamides is 1. The molecule has 24 heavy (non-hydrogen) atoms. The van der Waals surface area contributed by atoms with E-state index in [0.717, 1.165) is 11.1 Å². The number of likely N-dealkylation sites (N-methyl/N-ethyl adjacent to an activating group) is 1. The van der Waals surface area contributed by atoms with Crippen molar-refractivity contribution in [3.63, 3.8) is 0 Å². The van der Waals surface area contributed by atoms with Gasteiger partial charge < -0.3 is 5.32 Å². The molecule has 0 aliphatic rings. The number of carbonyl (C=O) groups excluding carboxylic acids is 1. The molecule has 0 unspecified atom stereocenters. The summed E-state index contributed by atoms with van der Waals surface area (Å²) in [7, 11) is -3.68. The molecule has 0 spiro atoms. The molecule has 2 aromatic rings. The van der Waals surface area contributed by atoms with Gasteiger partial charge in [-0.2, -0.15) is 4.31 Å². The molecule has 6 heteroatoms. The Balaban J connectivity index is 2.15. The molecule has 0 aliphatic heterocycles. The molecule has 0 saturated heterocycles. The number of hydrogen-bond donors (Lipinski definition) is 1. The number of nitrogens with one attached hydrogen (secondary N) is 1. The molecular weight excluding hydrogens is 324 g/mol. The third-order valence-corrected chi connectivity index (χ3v) is 5.66. The number of benzene rings is 2. The van der Waals surface area contributed by atoms with E-state index in [1.54, 1.807) is 25.1 Å². The second kappa shape index (κ2) is 7.59. The van der Waals surface area contributed by atoms with E-state index in [1.807, 2.05) is 32.0 Å². The van der Waals surface area contributed by atoms with Crippen molar-refractivity contribution in [1.29, 1.82) is 0 Å². The average Bonchev–Trinajstić information content (AvgIpc) is 2.56. The van der Waals surface area contributed by atoms with Crippen LogP contribution in [0.25, 0.3) is 0 Å². The van der Waals surface area contributed by atoms with Crippen molar-refractivity contribution in [3.05, 3.63) is 59.7 Å². The minimum absolute atomic E-state index is 0.186. The van der Waals surface area contributed by atoms with Crippen molar-refractivity contribution < 1.29 is 13.2 Å². The van der Waals surface area contributed by atoms with E-state index in [4.69, 9.17) is 0 Å². The van der Waals surface area contributed by atoms with Crippen LogP contribution in [0.1, 0.15) is 18.1 Å². The summed E-state index contributed by atoms with van der Waals surface area (Å²) < 4.78 is 26.4. The van der Waals surface area contributed by atoms with Gasteiger partial charge in [-0.3, -0.25) is 4.79 Å². The fraction of sp³-hybridized carbons (Fsp3) is 0.278. The second-order valence-electron chi connectivity index (χ2n) is 5.61. The lowest BCUT2D eigenvalue weighted by molar-refractivity contribution is -0.116. The maximum atomic E-state index is 12.6. The van der Waals surface area contributed by atoms with Gasteiger partial charge in [0.2, 0.25) is 15.9 Å². The van der Waals surface area contributed by atoms with Crippen LogP contribution in [0.4, 0.5) is 5.69 Å². The van der Waals surface area contributed by atoms with Crippen molar-refractivity contribution >= 4 is 21.6 Å². The van der Waals surface area contributed by atoms with E-state index >= 15 is 0 Å². The normalized spacial score (nSPS) is 11.5. The van der Waals surface area contributed by atoms with Gasteiger partial charge in [-0.05, 0) is 43.2 Å². The van der Waals surface area contributed by atoms with E-state index in [2.05, 4.69) is 5.32 Å². The SMILES string of the molecule is CCN(CC(=O)Nc1cc(C)ccc1C)S(=O)(=O)c1ccccc1. The van der Waals surface area contributed by atoms with E-state index in [1.165, 1.54) is 16.4 Å². The Morgan fingerprint density at radius 3 is 2.38 bits per heavy atom. The predicted octanol–water partition coefficient (Wildman–Crippen LogP) is 2.95. The number of anilines is 1. The van der Waals surface area contributed by atoms with E-state index < -0.39 is 10.0 Å². The molecule has 0 aliphatic carbocycles. The first kappa shape index (κ1) is 18.2. The summed E-state index contributed by atoms with van der Waals surface area (Å²) in [6, 6.07) is 13.9. The third-order valence-electron chi connectivity index (χ3n) is 3.72. The molecule has 2 rings (SSSR count). The van der Waals surface area contributed by atoms with Crippen LogP contribution < -0.4 is 5.32 Å². The Kier molecular flexibility index (Phi) is 5.75. The molecule has 0 bridgehead atoms. The van der Waals surface area contributed by atoms with Gasteiger partial charge in [0.15, 0.2) is 0 Å². The summed E-state index contributed by atoms with van der Waals surface area (Å²) in [4.78, 5) is 12.5. The first-order valence-corrected chi connectivity index (χ1v) is 9.21. The fourth-order valence-corrected chi connectivity index (χ4v) is 3.76. The summed E-state index contributed by atoms with van der Waals surface area (Å²) in [5.74, 6) is -0.356. The fourth-order valence-electron chi connectivity index (χ4n) is 2.33. The van der Waals surface area contributed by atoms with Crippen molar-refractivity contribution in [2.75, 3.05) is 18.4 Å². The number of nitrogens with zero attached hydrogens (tertiary/aromatic N) is 1. The van der Waals surface area contributed by atoms with Gasteiger partial charge in [-0.1, -0.05) is 37.3 Å². The van der Waals surface area contributed by atoms with Crippen LogP contribution in [0.2, 0.25) is 0 Å². The monoisotopic (exact) mass is 346 g/mol. The number of amides is 1. The maximum absolute atomic E-state index is 12.6. The van der Waals surface area contributed by atoms with Crippen molar-refractivity contribution in [2.24, 2.45) is 0 Å². The molecule has 0 saturated carbocycles. The lowest BCUT2D eigenvalue weighted by Gasteiger charge is -2.20. The van der Waals surface area contributed by atoms with Crippen LogP contribution in [-0.2, 0) is 14.8 Å². The highest BCUT2D eigenvalue weighted by Gasteiger charge is 2.25. The number of hydrogen-bond acceptors (Lipinski definition) is 3. The zero-order chi connectivity index (χ0) is 17.7. The quantitative estimate of drug-likeness (QED) is 0.874. The molecule has 1 N–H and O–H groups in total. The Bertz CT molecular complexity index is 817. The lowest BCUT2D eigenvalue weighted by atomic mass is 10.1. The van der Waals surface area contributed by atoms with Crippen LogP contribution in [0.15, 0.2) is 53.4 Å². The standard InChI is InChI=1S/C18H22N2O3S/c1-4-20(24(22,23)16-8-6-5-7-9-16)13-18(21)19-17-12-14(2)10-11-15(17)3/h5-12H,4,13H2,1-3H3,(H,19,21). The van der Waals surface area contributed by atoms with Gasteiger partial charge in [-0.15, -0.1) is 0 Å². The molecule has 5 nitrogen and oxygen atoms in total. The molecule has 128 valence electrons. The van der Waals surface area contributed by atoms with Gasteiger partial charge in [0.25, 0.3) is 0 Å². The minimum atomic E-state index is -3.68. The zero-order valence-electron chi connectivity index (χ0n) is 14.1. The largest absolute Gasteiger partial charge is 0.325 e. The molecule has 0 radical (unpaired) electrons.